The van der Waals surface area contributed by atoms with Crippen LogP contribution in [-0.2, 0) is 4.74 Å². The molecule has 0 radical (unpaired) electrons. The summed E-state index contributed by atoms with van der Waals surface area (Å²) in [5.41, 5.74) is 2.38. The van der Waals surface area contributed by atoms with Crippen molar-refractivity contribution in [3.63, 3.8) is 0 Å². The molecule has 4 fully saturated rings. The van der Waals surface area contributed by atoms with Gasteiger partial charge in [-0.2, -0.15) is 0 Å². The molecule has 0 bridgehead atoms. The second-order valence-corrected chi connectivity index (χ2v) is 8.91. The highest BCUT2D eigenvalue weighted by molar-refractivity contribution is 5.18. The molecule has 0 amide bonds. The molecule has 5 unspecified atom stereocenters. The van der Waals surface area contributed by atoms with E-state index in [1.54, 1.807) is 5.57 Å². The summed E-state index contributed by atoms with van der Waals surface area (Å²) in [4.78, 5) is 0. The maximum atomic E-state index is 6.01. The zero-order valence-electron chi connectivity index (χ0n) is 14.0. The summed E-state index contributed by atoms with van der Waals surface area (Å²) >= 11 is 0. The third-order valence-corrected chi connectivity index (χ3v) is 7.77. The number of rotatable bonds is 1. The van der Waals surface area contributed by atoms with Gasteiger partial charge in [-0.15, -0.1) is 0 Å². The lowest BCUT2D eigenvalue weighted by Crippen LogP contribution is -2.51. The van der Waals surface area contributed by atoms with Gasteiger partial charge in [0.15, 0.2) is 0 Å². The van der Waals surface area contributed by atoms with Crippen molar-refractivity contribution in [2.45, 2.75) is 89.8 Å². The van der Waals surface area contributed by atoms with Crippen molar-refractivity contribution < 1.29 is 4.74 Å². The van der Waals surface area contributed by atoms with Crippen LogP contribution in [0, 0.1) is 23.2 Å². The van der Waals surface area contributed by atoms with Gasteiger partial charge in [0.2, 0.25) is 0 Å². The predicted octanol–water partition coefficient (Wildman–Crippen LogP) is 5.50. The van der Waals surface area contributed by atoms with E-state index in [0.717, 1.165) is 17.8 Å². The van der Waals surface area contributed by atoms with E-state index in [9.17, 15) is 0 Å². The minimum Gasteiger partial charge on any atom is -0.366 e. The van der Waals surface area contributed by atoms with E-state index in [0.29, 0.717) is 11.5 Å². The van der Waals surface area contributed by atoms with Crippen LogP contribution in [0.25, 0.3) is 0 Å². The maximum Gasteiger partial charge on any atom is 0.0920 e. The molecule has 1 aliphatic heterocycles. The minimum atomic E-state index is 0.220. The second-order valence-electron chi connectivity index (χ2n) is 8.91. The Hall–Kier alpha value is -0.300. The van der Waals surface area contributed by atoms with E-state index in [1.165, 1.54) is 64.2 Å². The van der Waals surface area contributed by atoms with Gasteiger partial charge in [-0.3, -0.25) is 0 Å². The first-order valence-corrected chi connectivity index (χ1v) is 9.38. The van der Waals surface area contributed by atoms with Gasteiger partial charge in [-0.1, -0.05) is 38.3 Å². The zero-order valence-corrected chi connectivity index (χ0v) is 14.0. The van der Waals surface area contributed by atoms with Crippen LogP contribution in [-0.4, -0.2) is 11.7 Å². The van der Waals surface area contributed by atoms with Gasteiger partial charge in [-0.25, -0.2) is 0 Å². The van der Waals surface area contributed by atoms with Crippen molar-refractivity contribution in [3.05, 3.63) is 12.2 Å². The van der Waals surface area contributed by atoms with Crippen LogP contribution < -0.4 is 0 Å². The third-order valence-electron chi connectivity index (χ3n) is 7.77. The molecule has 21 heavy (non-hydrogen) atoms. The van der Waals surface area contributed by atoms with Crippen molar-refractivity contribution in [2.75, 3.05) is 0 Å². The van der Waals surface area contributed by atoms with E-state index in [4.69, 9.17) is 4.74 Å². The van der Waals surface area contributed by atoms with Crippen LogP contribution in [0.2, 0.25) is 0 Å². The maximum absolute atomic E-state index is 6.01. The molecular weight excluding hydrogens is 256 g/mol. The third kappa shape index (κ3) is 2.22. The molecule has 4 aliphatic rings. The smallest absolute Gasteiger partial charge is 0.0920 e. The SMILES string of the molecule is C=C1CCC2OC2(C)CCC2C1CC2(C)C1CCCCC1. The minimum absolute atomic E-state index is 0.220. The molecule has 1 heterocycles. The predicted molar refractivity (Wildman–Crippen MR) is 87.2 cm³/mol. The van der Waals surface area contributed by atoms with E-state index in [1.807, 2.05) is 0 Å². The summed E-state index contributed by atoms with van der Waals surface area (Å²) in [6.07, 6.45) is 14.5. The highest BCUT2D eigenvalue weighted by Gasteiger charge is 2.58. The van der Waals surface area contributed by atoms with E-state index < -0.39 is 0 Å². The first kappa shape index (κ1) is 14.3. The van der Waals surface area contributed by atoms with Crippen LogP contribution in [0.3, 0.4) is 0 Å². The van der Waals surface area contributed by atoms with Gasteiger partial charge in [0, 0.05) is 0 Å². The molecule has 0 N–H and O–H groups in total. The molecule has 1 nitrogen and oxygen atoms in total. The van der Waals surface area contributed by atoms with Crippen molar-refractivity contribution in [3.8, 4) is 0 Å². The normalized spacial score (nSPS) is 51.0. The first-order chi connectivity index (χ1) is 10.0. The number of fused-ring (bicyclic) bond motifs is 2. The van der Waals surface area contributed by atoms with E-state index >= 15 is 0 Å². The summed E-state index contributed by atoms with van der Waals surface area (Å²) in [5.74, 6) is 2.72. The Morgan fingerprint density at radius 1 is 1.05 bits per heavy atom. The molecule has 4 rings (SSSR count). The summed E-state index contributed by atoms with van der Waals surface area (Å²) in [6, 6.07) is 0. The van der Waals surface area contributed by atoms with Gasteiger partial charge in [0.05, 0.1) is 11.7 Å². The van der Waals surface area contributed by atoms with Crippen molar-refractivity contribution >= 4 is 0 Å². The van der Waals surface area contributed by atoms with Crippen LogP contribution in [0.1, 0.15) is 78.1 Å². The molecule has 3 aliphatic carbocycles. The topological polar surface area (TPSA) is 12.5 Å². The summed E-state index contributed by atoms with van der Waals surface area (Å²) in [7, 11) is 0. The quantitative estimate of drug-likeness (QED) is 0.458. The Labute approximate surface area is 130 Å². The molecule has 0 aromatic heterocycles. The number of epoxide rings is 1. The molecule has 1 heteroatoms. The van der Waals surface area contributed by atoms with Gasteiger partial charge in [0.1, 0.15) is 0 Å². The molecule has 0 spiro atoms. The Morgan fingerprint density at radius 2 is 1.81 bits per heavy atom. The van der Waals surface area contributed by atoms with Gasteiger partial charge in [0.25, 0.3) is 0 Å². The fourth-order valence-electron chi connectivity index (χ4n) is 6.08. The molecule has 3 saturated carbocycles. The van der Waals surface area contributed by atoms with Crippen molar-refractivity contribution in [2.24, 2.45) is 23.2 Å². The molecular formula is C20H32O. The second kappa shape index (κ2) is 4.85. The molecule has 118 valence electrons. The Morgan fingerprint density at radius 3 is 2.57 bits per heavy atom. The summed E-state index contributed by atoms with van der Waals surface area (Å²) in [6.45, 7) is 9.43. The number of allylic oxidation sites excluding steroid dienone is 1. The Bertz CT molecular complexity index is 435. The molecule has 0 aromatic rings. The van der Waals surface area contributed by atoms with Gasteiger partial charge >= 0.3 is 0 Å². The molecule has 0 aromatic carbocycles. The lowest BCUT2D eigenvalue weighted by Gasteiger charge is -2.59. The van der Waals surface area contributed by atoms with Gasteiger partial charge < -0.3 is 4.74 Å². The van der Waals surface area contributed by atoms with Crippen LogP contribution in [0.4, 0.5) is 0 Å². The number of ether oxygens (including phenoxy) is 1. The van der Waals surface area contributed by atoms with Crippen LogP contribution in [0.5, 0.6) is 0 Å². The van der Waals surface area contributed by atoms with Crippen molar-refractivity contribution in [1.82, 2.24) is 0 Å². The standard InChI is InChI=1S/C20H32O/c1-14-9-10-18-20(3,21-18)12-11-17-16(14)13-19(17,2)15-7-5-4-6-8-15/h15-18H,1,4-13H2,2-3H3. The fourth-order valence-corrected chi connectivity index (χ4v) is 6.08. The van der Waals surface area contributed by atoms with Crippen LogP contribution >= 0.6 is 0 Å². The molecule has 1 saturated heterocycles. The average Bonchev–Trinajstić information content (AvgIpc) is 3.12. The number of hydrogen-bond acceptors (Lipinski definition) is 1. The lowest BCUT2D eigenvalue weighted by atomic mass is 9.45. The number of hydrogen-bond donors (Lipinski definition) is 0. The summed E-state index contributed by atoms with van der Waals surface area (Å²) < 4.78 is 6.01. The molecule has 5 atom stereocenters. The van der Waals surface area contributed by atoms with Gasteiger partial charge in [-0.05, 0) is 75.0 Å². The van der Waals surface area contributed by atoms with Crippen molar-refractivity contribution in [1.29, 1.82) is 0 Å². The Balaban J connectivity index is 1.52. The Kier molecular flexibility index (Phi) is 3.30. The monoisotopic (exact) mass is 288 g/mol. The van der Waals surface area contributed by atoms with E-state index in [-0.39, 0.29) is 5.60 Å². The average molecular weight is 288 g/mol. The van der Waals surface area contributed by atoms with E-state index in [2.05, 4.69) is 20.4 Å². The lowest BCUT2D eigenvalue weighted by molar-refractivity contribution is -0.0796. The highest BCUT2D eigenvalue weighted by atomic mass is 16.6. The van der Waals surface area contributed by atoms with Crippen LogP contribution in [0.15, 0.2) is 12.2 Å². The first-order valence-electron chi connectivity index (χ1n) is 9.38. The highest BCUT2D eigenvalue weighted by Crippen LogP contribution is 2.64. The summed E-state index contributed by atoms with van der Waals surface area (Å²) in [5, 5.41) is 0. The zero-order chi connectivity index (χ0) is 14.7. The largest absolute Gasteiger partial charge is 0.366 e. The fraction of sp³-hybridized carbons (Fsp3) is 0.900.